The van der Waals surface area contributed by atoms with Crippen LogP contribution in [0.15, 0.2) is 33.0 Å². The minimum atomic E-state index is -0.0347. The molecule has 18 heavy (non-hydrogen) atoms. The highest BCUT2D eigenvalue weighted by Gasteiger charge is 2.10. The van der Waals surface area contributed by atoms with Gasteiger partial charge in [0.05, 0.1) is 12.2 Å². The Kier molecular flexibility index (Phi) is 4.31. The lowest BCUT2D eigenvalue weighted by Gasteiger charge is -2.05. The highest BCUT2D eigenvalue weighted by molar-refractivity contribution is 9.10. The Bertz CT molecular complexity index is 594. The van der Waals surface area contributed by atoms with Crippen molar-refractivity contribution in [2.24, 2.45) is 0 Å². The zero-order valence-corrected chi connectivity index (χ0v) is 12.5. The normalized spacial score (nSPS) is 12.6. The second kappa shape index (κ2) is 5.77. The van der Waals surface area contributed by atoms with Gasteiger partial charge in [-0.05, 0) is 28.9 Å². The topological polar surface area (TPSA) is 44.1 Å². The molecular weight excluding hydrogens is 316 g/mol. The Morgan fingerprint density at radius 1 is 1.56 bits per heavy atom. The average molecular weight is 329 g/mol. The molecule has 0 saturated carbocycles. The fraction of sp³-hybridized carbons (Fsp3) is 0.333. The van der Waals surface area contributed by atoms with E-state index in [0.29, 0.717) is 6.54 Å². The molecule has 0 aromatic carbocycles. The van der Waals surface area contributed by atoms with Crippen LogP contribution >= 0.6 is 27.3 Å². The highest BCUT2D eigenvalue weighted by Crippen LogP contribution is 2.20. The van der Waals surface area contributed by atoms with Gasteiger partial charge in [-0.2, -0.15) is 0 Å². The molecule has 0 N–H and O–H groups in total. The Balaban J connectivity index is 2.21. The molecule has 0 aliphatic heterocycles. The summed E-state index contributed by atoms with van der Waals surface area (Å²) in [7, 11) is 1.66. The summed E-state index contributed by atoms with van der Waals surface area (Å²) in [6.07, 6.45) is 1.75. The second-order valence-electron chi connectivity index (χ2n) is 3.87. The third kappa shape index (κ3) is 3.07. The first-order valence-corrected chi connectivity index (χ1v) is 7.10. The Morgan fingerprint density at radius 2 is 2.33 bits per heavy atom. The van der Waals surface area contributed by atoms with Crippen LogP contribution in [0.1, 0.15) is 23.7 Å². The zero-order chi connectivity index (χ0) is 13.1. The van der Waals surface area contributed by atoms with E-state index in [4.69, 9.17) is 4.74 Å². The van der Waals surface area contributed by atoms with Crippen molar-refractivity contribution in [2.75, 3.05) is 7.11 Å². The van der Waals surface area contributed by atoms with Crippen molar-refractivity contribution in [3.05, 3.63) is 49.2 Å². The minimum Gasteiger partial charge on any atom is -0.375 e. The number of nitrogens with zero attached hydrogens (tertiary/aromatic N) is 2. The van der Waals surface area contributed by atoms with Gasteiger partial charge in [-0.25, -0.2) is 4.98 Å². The number of ether oxygens (including phenoxy) is 1. The molecule has 2 aromatic rings. The summed E-state index contributed by atoms with van der Waals surface area (Å²) in [5.41, 5.74) is 0.839. The van der Waals surface area contributed by atoms with E-state index in [1.54, 1.807) is 35.3 Å². The van der Waals surface area contributed by atoms with E-state index in [2.05, 4.69) is 20.9 Å². The van der Waals surface area contributed by atoms with Gasteiger partial charge in [0.15, 0.2) is 0 Å². The third-order valence-electron chi connectivity index (χ3n) is 2.55. The van der Waals surface area contributed by atoms with Gasteiger partial charge in [0, 0.05) is 29.2 Å². The van der Waals surface area contributed by atoms with Gasteiger partial charge < -0.3 is 9.30 Å². The number of hydrogen-bond acceptors (Lipinski definition) is 4. The van der Waals surface area contributed by atoms with E-state index in [0.717, 1.165) is 15.2 Å². The third-order valence-corrected chi connectivity index (χ3v) is 4.07. The maximum Gasteiger partial charge on any atom is 0.250 e. The van der Waals surface area contributed by atoms with Gasteiger partial charge in [-0.3, -0.25) is 4.79 Å². The molecule has 0 amide bonds. The van der Waals surface area contributed by atoms with E-state index >= 15 is 0 Å². The lowest BCUT2D eigenvalue weighted by Crippen LogP contribution is -2.18. The molecule has 2 heterocycles. The van der Waals surface area contributed by atoms with E-state index in [9.17, 15) is 4.79 Å². The number of rotatable bonds is 4. The molecule has 2 rings (SSSR count). The van der Waals surface area contributed by atoms with Crippen molar-refractivity contribution in [1.82, 2.24) is 9.55 Å². The van der Waals surface area contributed by atoms with E-state index < -0.39 is 0 Å². The van der Waals surface area contributed by atoms with Crippen molar-refractivity contribution >= 4 is 27.3 Å². The van der Waals surface area contributed by atoms with Crippen LogP contribution in [0.3, 0.4) is 0 Å². The molecule has 0 aliphatic carbocycles. The summed E-state index contributed by atoms with van der Waals surface area (Å²) in [5.74, 6) is 0. The molecule has 0 aliphatic rings. The smallest absolute Gasteiger partial charge is 0.250 e. The lowest BCUT2D eigenvalue weighted by atomic mass is 10.4. The number of aromatic nitrogens is 2. The minimum absolute atomic E-state index is 0.0111. The summed E-state index contributed by atoms with van der Waals surface area (Å²) in [5, 5.41) is 2.88. The van der Waals surface area contributed by atoms with Crippen LogP contribution in [0.5, 0.6) is 0 Å². The SMILES string of the molecule is CO[C@H](C)c1nc(Cn2cc(Br)ccc2=O)cs1. The van der Waals surface area contributed by atoms with Gasteiger partial charge in [-0.15, -0.1) is 11.3 Å². The Hall–Kier alpha value is -0.980. The summed E-state index contributed by atoms with van der Waals surface area (Å²) in [6, 6.07) is 3.27. The fourth-order valence-electron chi connectivity index (χ4n) is 1.48. The van der Waals surface area contributed by atoms with E-state index in [1.165, 1.54) is 6.07 Å². The van der Waals surface area contributed by atoms with Crippen LogP contribution in [0.4, 0.5) is 0 Å². The molecule has 0 bridgehead atoms. The molecule has 6 heteroatoms. The standard InChI is InChI=1S/C12H13BrN2O2S/c1-8(17-2)12-14-10(7-18-12)6-15-5-9(13)3-4-11(15)16/h3-5,7-8H,6H2,1-2H3/t8-/m1/s1. The van der Waals surface area contributed by atoms with Crippen molar-refractivity contribution in [1.29, 1.82) is 0 Å². The fourth-order valence-corrected chi connectivity index (χ4v) is 2.70. The monoisotopic (exact) mass is 328 g/mol. The van der Waals surface area contributed by atoms with E-state index in [1.807, 2.05) is 12.3 Å². The maximum atomic E-state index is 11.7. The number of thiazole rings is 1. The highest BCUT2D eigenvalue weighted by atomic mass is 79.9. The summed E-state index contributed by atoms with van der Waals surface area (Å²) < 4.78 is 7.72. The Morgan fingerprint density at radius 3 is 3.06 bits per heavy atom. The molecule has 2 aromatic heterocycles. The molecular formula is C12H13BrN2O2S. The number of methoxy groups -OCH3 is 1. The van der Waals surface area contributed by atoms with Crippen molar-refractivity contribution in [3.8, 4) is 0 Å². The van der Waals surface area contributed by atoms with Gasteiger partial charge in [-0.1, -0.05) is 0 Å². The molecule has 4 nitrogen and oxygen atoms in total. The first kappa shape index (κ1) is 13.5. The number of pyridine rings is 1. The van der Waals surface area contributed by atoms with Crippen LogP contribution in [0, 0.1) is 0 Å². The largest absolute Gasteiger partial charge is 0.375 e. The zero-order valence-electron chi connectivity index (χ0n) is 10.1. The lowest BCUT2D eigenvalue weighted by molar-refractivity contribution is 0.119. The maximum absolute atomic E-state index is 11.7. The second-order valence-corrected chi connectivity index (χ2v) is 5.67. The van der Waals surface area contributed by atoms with Crippen molar-refractivity contribution < 1.29 is 4.74 Å². The summed E-state index contributed by atoms with van der Waals surface area (Å²) >= 11 is 4.90. The predicted molar refractivity (Wildman–Crippen MR) is 75.0 cm³/mol. The van der Waals surface area contributed by atoms with Crippen LogP contribution in [0.2, 0.25) is 0 Å². The number of hydrogen-bond donors (Lipinski definition) is 0. The summed E-state index contributed by atoms with van der Waals surface area (Å²) in [6.45, 7) is 2.43. The van der Waals surface area contributed by atoms with Gasteiger partial charge >= 0.3 is 0 Å². The number of halogens is 1. The Labute approximate surface area is 117 Å². The first-order valence-electron chi connectivity index (χ1n) is 5.43. The van der Waals surface area contributed by atoms with Crippen molar-refractivity contribution in [2.45, 2.75) is 19.6 Å². The summed E-state index contributed by atoms with van der Waals surface area (Å²) in [4.78, 5) is 16.1. The molecule has 0 radical (unpaired) electrons. The first-order chi connectivity index (χ1) is 8.60. The van der Waals surface area contributed by atoms with Crippen LogP contribution in [-0.2, 0) is 11.3 Å². The van der Waals surface area contributed by atoms with Gasteiger partial charge in [0.25, 0.3) is 5.56 Å². The van der Waals surface area contributed by atoms with Gasteiger partial charge in [0.2, 0.25) is 0 Å². The molecule has 0 fully saturated rings. The van der Waals surface area contributed by atoms with Crippen LogP contribution < -0.4 is 5.56 Å². The van der Waals surface area contributed by atoms with Crippen LogP contribution in [0.25, 0.3) is 0 Å². The molecule has 0 spiro atoms. The average Bonchev–Trinajstić information content (AvgIpc) is 2.81. The quantitative estimate of drug-likeness (QED) is 0.866. The molecule has 1 atom stereocenters. The van der Waals surface area contributed by atoms with Gasteiger partial charge in [0.1, 0.15) is 11.1 Å². The molecule has 96 valence electrons. The van der Waals surface area contributed by atoms with Crippen LogP contribution in [-0.4, -0.2) is 16.7 Å². The van der Waals surface area contributed by atoms with E-state index in [-0.39, 0.29) is 11.7 Å². The predicted octanol–water partition coefficient (Wildman–Crippen LogP) is 2.82. The molecule has 0 unspecified atom stereocenters. The molecule has 0 saturated heterocycles. The van der Waals surface area contributed by atoms with Crippen molar-refractivity contribution in [3.63, 3.8) is 0 Å².